The molecule has 1 aliphatic carbocycles. The molecule has 0 radical (unpaired) electrons. The predicted octanol–water partition coefficient (Wildman–Crippen LogP) is 2.19. The Morgan fingerprint density at radius 2 is 2.22 bits per heavy atom. The summed E-state index contributed by atoms with van der Waals surface area (Å²) in [6, 6.07) is 5.03. The summed E-state index contributed by atoms with van der Waals surface area (Å²) < 4.78 is 5.31. The first-order valence-corrected chi connectivity index (χ1v) is 7.77. The van der Waals surface area contributed by atoms with Crippen LogP contribution < -0.4 is 0 Å². The number of hydrogen-bond acceptors (Lipinski definition) is 6. The van der Waals surface area contributed by atoms with Crippen molar-refractivity contribution in [2.75, 3.05) is 6.54 Å². The molecule has 1 unspecified atom stereocenters. The third-order valence-electron chi connectivity index (χ3n) is 4.31. The molecule has 1 aliphatic heterocycles. The van der Waals surface area contributed by atoms with Gasteiger partial charge in [-0.1, -0.05) is 5.16 Å². The lowest BCUT2D eigenvalue weighted by atomic mass is 10.2. The van der Waals surface area contributed by atoms with Gasteiger partial charge >= 0.3 is 0 Å². The lowest BCUT2D eigenvalue weighted by molar-refractivity contribution is 0.0722. The van der Waals surface area contributed by atoms with Gasteiger partial charge in [-0.05, 0) is 37.8 Å². The number of amides is 1. The highest BCUT2D eigenvalue weighted by molar-refractivity contribution is 5.92. The van der Waals surface area contributed by atoms with Gasteiger partial charge in [0.25, 0.3) is 5.91 Å². The Morgan fingerprint density at radius 1 is 1.35 bits per heavy atom. The Kier molecular flexibility index (Phi) is 3.30. The first-order chi connectivity index (χ1) is 11.3. The van der Waals surface area contributed by atoms with E-state index in [1.54, 1.807) is 17.0 Å². The van der Waals surface area contributed by atoms with Crippen LogP contribution in [0.2, 0.25) is 0 Å². The molecule has 2 aromatic heterocycles. The number of rotatable bonds is 3. The Hall–Kier alpha value is -2.75. The average Bonchev–Trinajstić information content (AvgIpc) is 3.13. The molecule has 1 atom stereocenters. The van der Waals surface area contributed by atoms with Gasteiger partial charge in [0, 0.05) is 18.7 Å². The van der Waals surface area contributed by atoms with Crippen molar-refractivity contribution >= 4 is 5.91 Å². The van der Waals surface area contributed by atoms with Gasteiger partial charge in [0.2, 0.25) is 5.89 Å². The van der Waals surface area contributed by atoms with Crippen molar-refractivity contribution in [3.05, 3.63) is 41.3 Å². The standard InChI is InChI=1S/C16H15N5O2/c17-8-10-3-6-12(18-9-10)16(22)21-7-1-2-13(21)14-19-15(23-20-14)11-4-5-11/h3,6,9,11,13H,1-2,4-5,7H2. The molecular weight excluding hydrogens is 294 g/mol. The minimum atomic E-state index is -0.158. The topological polar surface area (TPSA) is 95.9 Å². The van der Waals surface area contributed by atoms with Crippen LogP contribution in [0.1, 0.15) is 65.4 Å². The van der Waals surface area contributed by atoms with Gasteiger partial charge in [-0.2, -0.15) is 10.2 Å². The highest BCUT2D eigenvalue weighted by Gasteiger charge is 2.36. The smallest absolute Gasteiger partial charge is 0.273 e. The number of nitrogens with zero attached hydrogens (tertiary/aromatic N) is 5. The number of carbonyl (C=O) groups is 1. The van der Waals surface area contributed by atoms with E-state index >= 15 is 0 Å². The Balaban J connectivity index is 1.56. The van der Waals surface area contributed by atoms with Crippen LogP contribution in [0.3, 0.4) is 0 Å². The molecule has 2 fully saturated rings. The molecule has 1 saturated carbocycles. The molecule has 7 heteroatoms. The van der Waals surface area contributed by atoms with Crippen LogP contribution in [-0.4, -0.2) is 32.5 Å². The quantitative estimate of drug-likeness (QED) is 0.862. The fourth-order valence-corrected chi connectivity index (χ4v) is 2.89. The van der Waals surface area contributed by atoms with Crippen molar-refractivity contribution in [2.45, 2.75) is 37.6 Å². The zero-order valence-electron chi connectivity index (χ0n) is 12.5. The van der Waals surface area contributed by atoms with E-state index in [1.807, 2.05) is 6.07 Å². The summed E-state index contributed by atoms with van der Waals surface area (Å²) in [7, 11) is 0. The number of likely N-dealkylation sites (tertiary alicyclic amines) is 1. The molecule has 3 heterocycles. The molecule has 2 aliphatic rings. The average molecular weight is 309 g/mol. The highest BCUT2D eigenvalue weighted by Crippen LogP contribution is 2.40. The summed E-state index contributed by atoms with van der Waals surface area (Å²) in [4.78, 5) is 23.0. The number of hydrogen-bond donors (Lipinski definition) is 0. The van der Waals surface area contributed by atoms with E-state index in [1.165, 1.54) is 6.20 Å². The van der Waals surface area contributed by atoms with Gasteiger partial charge in [-0.3, -0.25) is 4.79 Å². The minimum absolute atomic E-state index is 0.156. The zero-order valence-corrected chi connectivity index (χ0v) is 12.5. The molecule has 0 aromatic carbocycles. The molecule has 0 N–H and O–H groups in total. The molecule has 23 heavy (non-hydrogen) atoms. The van der Waals surface area contributed by atoms with E-state index in [0.29, 0.717) is 35.4 Å². The largest absolute Gasteiger partial charge is 0.339 e. The van der Waals surface area contributed by atoms with Crippen molar-refractivity contribution < 1.29 is 9.32 Å². The second kappa shape index (κ2) is 5.47. The molecule has 1 amide bonds. The maximum atomic E-state index is 12.7. The normalized spacial score (nSPS) is 20.5. The molecule has 7 nitrogen and oxygen atoms in total. The van der Waals surface area contributed by atoms with E-state index in [9.17, 15) is 4.79 Å². The molecule has 1 saturated heterocycles. The van der Waals surface area contributed by atoms with E-state index in [4.69, 9.17) is 9.78 Å². The predicted molar refractivity (Wildman–Crippen MR) is 78.2 cm³/mol. The third-order valence-corrected chi connectivity index (χ3v) is 4.31. The lowest BCUT2D eigenvalue weighted by Crippen LogP contribution is -2.31. The molecule has 0 spiro atoms. The van der Waals surface area contributed by atoms with Crippen molar-refractivity contribution in [1.82, 2.24) is 20.0 Å². The van der Waals surface area contributed by atoms with Crippen LogP contribution >= 0.6 is 0 Å². The Morgan fingerprint density at radius 3 is 2.91 bits per heavy atom. The summed E-state index contributed by atoms with van der Waals surface area (Å²) in [5, 5.41) is 12.9. The minimum Gasteiger partial charge on any atom is -0.339 e. The van der Waals surface area contributed by atoms with Gasteiger partial charge in [0.1, 0.15) is 11.8 Å². The number of pyridine rings is 1. The maximum absolute atomic E-state index is 12.7. The van der Waals surface area contributed by atoms with Gasteiger partial charge in [0.15, 0.2) is 5.82 Å². The van der Waals surface area contributed by atoms with E-state index in [0.717, 1.165) is 25.7 Å². The van der Waals surface area contributed by atoms with Crippen LogP contribution in [0, 0.1) is 11.3 Å². The van der Waals surface area contributed by atoms with Gasteiger partial charge in [-0.15, -0.1) is 0 Å². The number of aromatic nitrogens is 3. The van der Waals surface area contributed by atoms with Gasteiger partial charge in [0.05, 0.1) is 11.6 Å². The molecule has 0 bridgehead atoms. The SMILES string of the molecule is N#Cc1ccc(C(=O)N2CCCC2c2noc(C3CC3)n2)nc1. The van der Waals surface area contributed by atoms with Crippen LogP contribution in [0.15, 0.2) is 22.9 Å². The fraction of sp³-hybridized carbons (Fsp3) is 0.438. The molecule has 2 aromatic rings. The molecule has 4 rings (SSSR count). The highest BCUT2D eigenvalue weighted by atomic mass is 16.5. The second-order valence-corrected chi connectivity index (χ2v) is 5.97. The first-order valence-electron chi connectivity index (χ1n) is 7.77. The monoisotopic (exact) mass is 309 g/mol. The Labute approximate surface area is 132 Å². The van der Waals surface area contributed by atoms with Crippen molar-refractivity contribution in [1.29, 1.82) is 5.26 Å². The number of nitriles is 1. The van der Waals surface area contributed by atoms with Crippen LogP contribution in [0.4, 0.5) is 0 Å². The first kappa shape index (κ1) is 13.9. The molecule has 116 valence electrons. The van der Waals surface area contributed by atoms with E-state index in [-0.39, 0.29) is 11.9 Å². The summed E-state index contributed by atoms with van der Waals surface area (Å²) in [5.41, 5.74) is 0.772. The summed E-state index contributed by atoms with van der Waals surface area (Å²) in [5.74, 6) is 1.53. The second-order valence-electron chi connectivity index (χ2n) is 5.97. The van der Waals surface area contributed by atoms with Crippen molar-refractivity contribution in [3.63, 3.8) is 0 Å². The van der Waals surface area contributed by atoms with Gasteiger partial charge in [-0.25, -0.2) is 4.98 Å². The summed E-state index contributed by atoms with van der Waals surface area (Å²) in [6.07, 6.45) is 5.34. The summed E-state index contributed by atoms with van der Waals surface area (Å²) >= 11 is 0. The summed E-state index contributed by atoms with van der Waals surface area (Å²) in [6.45, 7) is 0.651. The third kappa shape index (κ3) is 2.57. The zero-order chi connectivity index (χ0) is 15.8. The van der Waals surface area contributed by atoms with Crippen molar-refractivity contribution in [2.24, 2.45) is 0 Å². The van der Waals surface area contributed by atoms with Crippen LogP contribution in [0.5, 0.6) is 0 Å². The van der Waals surface area contributed by atoms with Gasteiger partial charge < -0.3 is 9.42 Å². The van der Waals surface area contributed by atoms with E-state index in [2.05, 4.69) is 15.1 Å². The fourth-order valence-electron chi connectivity index (χ4n) is 2.89. The lowest BCUT2D eigenvalue weighted by Gasteiger charge is -2.21. The molecular formula is C16H15N5O2. The Bertz CT molecular complexity index is 773. The van der Waals surface area contributed by atoms with Crippen LogP contribution in [0.25, 0.3) is 0 Å². The van der Waals surface area contributed by atoms with Crippen molar-refractivity contribution in [3.8, 4) is 6.07 Å². The number of carbonyl (C=O) groups excluding carboxylic acids is 1. The van der Waals surface area contributed by atoms with Crippen LogP contribution in [-0.2, 0) is 0 Å². The maximum Gasteiger partial charge on any atom is 0.273 e. The van der Waals surface area contributed by atoms with E-state index < -0.39 is 0 Å².